The lowest BCUT2D eigenvalue weighted by Crippen LogP contribution is -2.23. The van der Waals surface area contributed by atoms with Gasteiger partial charge in [0.15, 0.2) is 0 Å². The Labute approximate surface area is 133 Å². The molecule has 0 unspecified atom stereocenters. The molecule has 0 bridgehead atoms. The van der Waals surface area contributed by atoms with Gasteiger partial charge in [-0.05, 0) is 43.5 Å². The summed E-state index contributed by atoms with van der Waals surface area (Å²) in [5.74, 6) is 0.847. The first-order valence-electron chi connectivity index (χ1n) is 7.15. The van der Waals surface area contributed by atoms with Crippen LogP contribution in [0.1, 0.15) is 32.4 Å². The molecule has 3 heterocycles. The number of amides is 1. The maximum absolute atomic E-state index is 12.4. The summed E-state index contributed by atoms with van der Waals surface area (Å²) in [5.41, 5.74) is 2.73. The van der Waals surface area contributed by atoms with Crippen LogP contribution >= 0.6 is 11.3 Å². The van der Waals surface area contributed by atoms with Crippen molar-refractivity contribution in [2.24, 2.45) is 0 Å². The van der Waals surface area contributed by atoms with Crippen molar-refractivity contribution in [1.82, 2.24) is 9.88 Å². The van der Waals surface area contributed by atoms with Crippen molar-refractivity contribution in [3.63, 3.8) is 0 Å². The number of aromatic nitrogens is 1. The number of carbonyl (C=O) groups is 1. The average Bonchev–Trinajstić information content (AvgIpc) is 3.23. The summed E-state index contributed by atoms with van der Waals surface area (Å²) in [7, 11) is 0. The Kier molecular flexibility index (Phi) is 4.15. The highest BCUT2D eigenvalue weighted by Crippen LogP contribution is 2.18. The van der Waals surface area contributed by atoms with E-state index in [1.165, 1.54) is 0 Å². The quantitative estimate of drug-likeness (QED) is 0.780. The molecule has 1 N–H and O–H groups in total. The second-order valence-electron chi connectivity index (χ2n) is 5.21. The van der Waals surface area contributed by atoms with Gasteiger partial charge in [0.1, 0.15) is 5.76 Å². The SMILES string of the molecule is Cc1cc(C(=O)NCc2cccs2)c(C)n1Cc1ccco1. The first-order valence-corrected chi connectivity index (χ1v) is 8.03. The highest BCUT2D eigenvalue weighted by atomic mass is 32.1. The molecule has 5 heteroatoms. The fraction of sp³-hybridized carbons (Fsp3) is 0.235. The van der Waals surface area contributed by atoms with E-state index in [1.807, 2.05) is 49.6 Å². The van der Waals surface area contributed by atoms with E-state index in [0.717, 1.165) is 27.6 Å². The number of rotatable bonds is 5. The smallest absolute Gasteiger partial charge is 0.253 e. The van der Waals surface area contributed by atoms with E-state index in [4.69, 9.17) is 4.42 Å². The van der Waals surface area contributed by atoms with Crippen LogP contribution in [-0.4, -0.2) is 10.5 Å². The first-order chi connectivity index (χ1) is 10.6. The normalized spacial score (nSPS) is 10.8. The molecule has 0 aliphatic carbocycles. The van der Waals surface area contributed by atoms with Gasteiger partial charge in [-0.1, -0.05) is 6.07 Å². The molecule has 114 valence electrons. The van der Waals surface area contributed by atoms with E-state index < -0.39 is 0 Å². The van der Waals surface area contributed by atoms with Crippen molar-refractivity contribution in [3.8, 4) is 0 Å². The molecule has 4 nitrogen and oxygen atoms in total. The average molecular weight is 314 g/mol. The third-order valence-electron chi connectivity index (χ3n) is 3.72. The molecule has 0 aliphatic rings. The van der Waals surface area contributed by atoms with Gasteiger partial charge in [0, 0.05) is 16.3 Å². The highest BCUT2D eigenvalue weighted by Gasteiger charge is 2.16. The zero-order valence-electron chi connectivity index (χ0n) is 12.6. The standard InChI is InChI=1S/C17H18N2O2S/c1-12-9-16(17(20)18-10-15-6-4-8-22-15)13(2)19(12)11-14-5-3-7-21-14/h3-9H,10-11H2,1-2H3,(H,18,20). The molecule has 0 saturated heterocycles. The molecule has 0 saturated carbocycles. The molecule has 0 fully saturated rings. The summed E-state index contributed by atoms with van der Waals surface area (Å²) in [4.78, 5) is 13.5. The monoisotopic (exact) mass is 314 g/mol. The van der Waals surface area contributed by atoms with Gasteiger partial charge in [0.05, 0.1) is 24.9 Å². The van der Waals surface area contributed by atoms with Crippen LogP contribution in [0.25, 0.3) is 0 Å². The summed E-state index contributed by atoms with van der Waals surface area (Å²) in [6, 6.07) is 9.75. The number of carbonyl (C=O) groups excluding carboxylic acids is 1. The van der Waals surface area contributed by atoms with Crippen molar-refractivity contribution < 1.29 is 9.21 Å². The zero-order chi connectivity index (χ0) is 15.5. The second-order valence-corrected chi connectivity index (χ2v) is 6.24. The maximum Gasteiger partial charge on any atom is 0.253 e. The zero-order valence-corrected chi connectivity index (χ0v) is 13.4. The molecule has 22 heavy (non-hydrogen) atoms. The van der Waals surface area contributed by atoms with Gasteiger partial charge in [0.25, 0.3) is 5.91 Å². The Balaban J connectivity index is 1.75. The van der Waals surface area contributed by atoms with Crippen molar-refractivity contribution in [2.45, 2.75) is 26.9 Å². The van der Waals surface area contributed by atoms with Crippen molar-refractivity contribution >= 4 is 17.2 Å². The predicted octanol–water partition coefficient (Wildman–Crippen LogP) is 3.74. The maximum atomic E-state index is 12.4. The van der Waals surface area contributed by atoms with Crippen LogP contribution in [0, 0.1) is 13.8 Å². The number of hydrogen-bond donors (Lipinski definition) is 1. The Hall–Kier alpha value is -2.27. The number of aryl methyl sites for hydroxylation is 1. The number of nitrogens with one attached hydrogen (secondary N) is 1. The molecule has 3 rings (SSSR count). The predicted molar refractivity (Wildman–Crippen MR) is 87.2 cm³/mol. The molecule has 0 spiro atoms. The van der Waals surface area contributed by atoms with Crippen molar-refractivity contribution in [3.05, 3.63) is 69.6 Å². The van der Waals surface area contributed by atoms with Crippen LogP contribution in [0.4, 0.5) is 0 Å². The van der Waals surface area contributed by atoms with Crippen LogP contribution in [-0.2, 0) is 13.1 Å². The Bertz CT molecular complexity index is 755. The lowest BCUT2D eigenvalue weighted by molar-refractivity contribution is 0.0950. The lowest BCUT2D eigenvalue weighted by atomic mass is 10.2. The van der Waals surface area contributed by atoms with Gasteiger partial charge < -0.3 is 14.3 Å². The molecular weight excluding hydrogens is 296 g/mol. The van der Waals surface area contributed by atoms with E-state index >= 15 is 0 Å². The van der Waals surface area contributed by atoms with Crippen LogP contribution < -0.4 is 5.32 Å². The van der Waals surface area contributed by atoms with Crippen molar-refractivity contribution in [1.29, 1.82) is 0 Å². The van der Waals surface area contributed by atoms with E-state index in [-0.39, 0.29) is 5.91 Å². The van der Waals surface area contributed by atoms with Crippen molar-refractivity contribution in [2.75, 3.05) is 0 Å². The summed E-state index contributed by atoms with van der Waals surface area (Å²) in [6.45, 7) is 5.18. The lowest BCUT2D eigenvalue weighted by Gasteiger charge is -2.08. The van der Waals surface area contributed by atoms with Gasteiger partial charge in [-0.2, -0.15) is 0 Å². The molecule has 3 aromatic heterocycles. The molecule has 3 aromatic rings. The van der Waals surface area contributed by atoms with Crippen LogP contribution in [0.5, 0.6) is 0 Å². The second kappa shape index (κ2) is 6.23. The van der Waals surface area contributed by atoms with Gasteiger partial charge >= 0.3 is 0 Å². The van der Waals surface area contributed by atoms with Crippen LogP contribution in [0.15, 0.2) is 46.4 Å². The Morgan fingerprint density at radius 3 is 2.86 bits per heavy atom. The number of nitrogens with zero attached hydrogens (tertiary/aromatic N) is 1. The molecule has 0 atom stereocenters. The fourth-order valence-electron chi connectivity index (χ4n) is 2.51. The molecule has 0 radical (unpaired) electrons. The topological polar surface area (TPSA) is 47.2 Å². The van der Waals surface area contributed by atoms with E-state index in [1.54, 1.807) is 17.6 Å². The third kappa shape index (κ3) is 2.99. The molecular formula is C17H18N2O2S. The minimum Gasteiger partial charge on any atom is -0.467 e. The molecule has 0 aliphatic heterocycles. The fourth-order valence-corrected chi connectivity index (χ4v) is 3.15. The summed E-state index contributed by atoms with van der Waals surface area (Å²) in [6.07, 6.45) is 1.66. The summed E-state index contributed by atoms with van der Waals surface area (Å²) < 4.78 is 7.49. The highest BCUT2D eigenvalue weighted by molar-refractivity contribution is 7.09. The molecule has 0 aromatic carbocycles. The molecule has 1 amide bonds. The summed E-state index contributed by atoms with van der Waals surface area (Å²) >= 11 is 1.64. The number of furan rings is 1. The van der Waals surface area contributed by atoms with Gasteiger partial charge in [0.2, 0.25) is 0 Å². The first kappa shape index (κ1) is 14.7. The minimum atomic E-state index is -0.0350. The third-order valence-corrected chi connectivity index (χ3v) is 4.59. The van der Waals surface area contributed by atoms with E-state index in [0.29, 0.717) is 13.1 Å². The number of thiophene rings is 1. The Morgan fingerprint density at radius 1 is 1.32 bits per heavy atom. The largest absolute Gasteiger partial charge is 0.467 e. The van der Waals surface area contributed by atoms with Gasteiger partial charge in [-0.3, -0.25) is 4.79 Å². The van der Waals surface area contributed by atoms with Gasteiger partial charge in [-0.15, -0.1) is 11.3 Å². The van der Waals surface area contributed by atoms with E-state index in [2.05, 4.69) is 9.88 Å². The van der Waals surface area contributed by atoms with Crippen LogP contribution in [0.2, 0.25) is 0 Å². The Morgan fingerprint density at radius 2 is 2.18 bits per heavy atom. The van der Waals surface area contributed by atoms with E-state index in [9.17, 15) is 4.79 Å². The van der Waals surface area contributed by atoms with Crippen LogP contribution in [0.3, 0.4) is 0 Å². The minimum absolute atomic E-state index is 0.0350. The summed E-state index contributed by atoms with van der Waals surface area (Å²) in [5, 5.41) is 4.99. The number of hydrogen-bond acceptors (Lipinski definition) is 3. The van der Waals surface area contributed by atoms with Gasteiger partial charge in [-0.25, -0.2) is 0 Å².